The van der Waals surface area contributed by atoms with Gasteiger partial charge in [-0.1, -0.05) is 26.0 Å². The van der Waals surface area contributed by atoms with Crippen molar-refractivity contribution in [3.8, 4) is 0 Å². The molecule has 0 bridgehead atoms. The highest BCUT2D eigenvalue weighted by molar-refractivity contribution is 6.00. The monoisotopic (exact) mass is 452 g/mol. The second kappa shape index (κ2) is 10.8. The average molecular weight is 453 g/mol. The minimum absolute atomic E-state index is 0.0444. The SMILES string of the molecule is Cc1cccc(N2C[C@H](C(=O)OCC(=O)Nc3ccc(C(=O)OCC(C)C)cc3)CC2=O)c1. The second-order valence-corrected chi connectivity index (χ2v) is 8.47. The van der Waals surface area contributed by atoms with Gasteiger partial charge in [-0.3, -0.25) is 14.4 Å². The molecule has 0 aliphatic carbocycles. The molecule has 0 aromatic heterocycles. The molecule has 1 heterocycles. The van der Waals surface area contributed by atoms with E-state index in [1.807, 2.05) is 45.0 Å². The summed E-state index contributed by atoms with van der Waals surface area (Å²) in [6.07, 6.45) is 0.0444. The predicted molar refractivity (Wildman–Crippen MR) is 123 cm³/mol. The number of hydrogen-bond acceptors (Lipinski definition) is 6. The number of rotatable bonds is 8. The van der Waals surface area contributed by atoms with E-state index in [2.05, 4.69) is 5.32 Å². The Bertz CT molecular complexity index is 1030. The van der Waals surface area contributed by atoms with Gasteiger partial charge in [0.25, 0.3) is 5.91 Å². The van der Waals surface area contributed by atoms with Gasteiger partial charge in [0.15, 0.2) is 6.61 Å². The Morgan fingerprint density at radius 1 is 1.09 bits per heavy atom. The maximum atomic E-state index is 12.4. The summed E-state index contributed by atoms with van der Waals surface area (Å²) in [4.78, 5) is 50.4. The fourth-order valence-electron chi connectivity index (χ4n) is 3.38. The van der Waals surface area contributed by atoms with Gasteiger partial charge >= 0.3 is 11.9 Å². The molecule has 2 amide bonds. The van der Waals surface area contributed by atoms with E-state index in [4.69, 9.17) is 9.47 Å². The van der Waals surface area contributed by atoms with Crippen molar-refractivity contribution in [2.75, 3.05) is 30.0 Å². The fourth-order valence-corrected chi connectivity index (χ4v) is 3.38. The van der Waals surface area contributed by atoms with Crippen molar-refractivity contribution >= 4 is 35.1 Å². The number of ether oxygens (including phenoxy) is 2. The second-order valence-electron chi connectivity index (χ2n) is 8.47. The Kier molecular flexibility index (Phi) is 7.82. The van der Waals surface area contributed by atoms with Gasteiger partial charge in [-0.25, -0.2) is 4.79 Å². The summed E-state index contributed by atoms with van der Waals surface area (Å²) in [5, 5.41) is 2.61. The van der Waals surface area contributed by atoms with Crippen LogP contribution in [0.5, 0.6) is 0 Å². The molecule has 0 saturated carbocycles. The smallest absolute Gasteiger partial charge is 0.338 e. The minimum atomic E-state index is -0.623. The lowest BCUT2D eigenvalue weighted by atomic mass is 10.1. The van der Waals surface area contributed by atoms with Gasteiger partial charge in [0.2, 0.25) is 5.91 Å². The number of benzene rings is 2. The highest BCUT2D eigenvalue weighted by Gasteiger charge is 2.36. The standard InChI is InChI=1S/C25H28N2O6/c1-16(2)14-32-24(30)18-7-9-20(10-8-18)26-22(28)15-33-25(31)19-12-23(29)27(13-19)21-6-4-5-17(3)11-21/h4-11,16,19H,12-15H2,1-3H3,(H,26,28)/t19-/m1/s1. The van der Waals surface area contributed by atoms with Crippen LogP contribution >= 0.6 is 0 Å². The number of hydrogen-bond donors (Lipinski definition) is 1. The van der Waals surface area contributed by atoms with Gasteiger partial charge in [-0.15, -0.1) is 0 Å². The van der Waals surface area contributed by atoms with E-state index in [0.717, 1.165) is 11.3 Å². The Labute approximate surface area is 192 Å². The fraction of sp³-hybridized carbons (Fsp3) is 0.360. The van der Waals surface area contributed by atoms with E-state index in [-0.39, 0.29) is 24.8 Å². The van der Waals surface area contributed by atoms with Crippen LogP contribution in [-0.4, -0.2) is 43.5 Å². The van der Waals surface area contributed by atoms with Crippen molar-refractivity contribution in [1.29, 1.82) is 0 Å². The summed E-state index contributed by atoms with van der Waals surface area (Å²) < 4.78 is 10.3. The van der Waals surface area contributed by atoms with Crippen LogP contribution in [-0.2, 0) is 23.9 Å². The number of amides is 2. The van der Waals surface area contributed by atoms with Crippen molar-refractivity contribution < 1.29 is 28.7 Å². The van der Waals surface area contributed by atoms with E-state index in [1.54, 1.807) is 29.2 Å². The van der Waals surface area contributed by atoms with E-state index in [1.165, 1.54) is 0 Å². The van der Waals surface area contributed by atoms with Crippen LogP contribution in [0.25, 0.3) is 0 Å². The number of anilines is 2. The van der Waals surface area contributed by atoms with Crippen LogP contribution in [0.2, 0.25) is 0 Å². The molecule has 0 radical (unpaired) electrons. The summed E-state index contributed by atoms with van der Waals surface area (Å²) in [5.74, 6) is -2.07. The first kappa shape index (κ1) is 24.0. The summed E-state index contributed by atoms with van der Waals surface area (Å²) in [7, 11) is 0. The van der Waals surface area contributed by atoms with Crippen molar-refractivity contribution in [1.82, 2.24) is 0 Å². The Balaban J connectivity index is 1.46. The summed E-state index contributed by atoms with van der Waals surface area (Å²) in [6, 6.07) is 13.7. The lowest BCUT2D eigenvalue weighted by Crippen LogP contribution is -2.28. The third-order valence-corrected chi connectivity index (χ3v) is 5.07. The van der Waals surface area contributed by atoms with E-state index >= 15 is 0 Å². The number of carbonyl (C=O) groups excluding carboxylic acids is 4. The molecule has 1 fully saturated rings. The largest absolute Gasteiger partial charge is 0.462 e. The molecule has 1 atom stereocenters. The van der Waals surface area contributed by atoms with Crippen LogP contribution in [0.3, 0.4) is 0 Å². The minimum Gasteiger partial charge on any atom is -0.462 e. The van der Waals surface area contributed by atoms with E-state index in [9.17, 15) is 19.2 Å². The van der Waals surface area contributed by atoms with Gasteiger partial charge in [0.1, 0.15) is 0 Å². The van der Waals surface area contributed by atoms with Gasteiger partial charge < -0.3 is 19.7 Å². The van der Waals surface area contributed by atoms with Crippen molar-refractivity contribution in [2.24, 2.45) is 11.8 Å². The van der Waals surface area contributed by atoms with Crippen LogP contribution in [0, 0.1) is 18.8 Å². The number of carbonyl (C=O) groups is 4. The molecule has 1 saturated heterocycles. The topological polar surface area (TPSA) is 102 Å². The number of nitrogens with one attached hydrogen (secondary N) is 1. The van der Waals surface area contributed by atoms with Crippen molar-refractivity contribution in [2.45, 2.75) is 27.2 Å². The molecule has 1 aliphatic rings. The summed E-state index contributed by atoms with van der Waals surface area (Å²) >= 11 is 0. The molecule has 2 aromatic carbocycles. The lowest BCUT2D eigenvalue weighted by molar-refractivity contribution is -0.151. The predicted octanol–water partition coefficient (Wildman–Crippen LogP) is 3.34. The Hall–Kier alpha value is -3.68. The molecule has 33 heavy (non-hydrogen) atoms. The first-order chi connectivity index (χ1) is 15.7. The first-order valence-corrected chi connectivity index (χ1v) is 10.8. The molecule has 1 N–H and O–H groups in total. The first-order valence-electron chi connectivity index (χ1n) is 10.8. The van der Waals surface area contributed by atoms with Crippen LogP contribution in [0.4, 0.5) is 11.4 Å². The molecule has 8 nitrogen and oxygen atoms in total. The van der Waals surface area contributed by atoms with Gasteiger partial charge in [0, 0.05) is 24.3 Å². The quantitative estimate of drug-likeness (QED) is 0.617. The number of nitrogens with zero attached hydrogens (tertiary/aromatic N) is 1. The highest BCUT2D eigenvalue weighted by Crippen LogP contribution is 2.26. The maximum Gasteiger partial charge on any atom is 0.338 e. The number of aryl methyl sites for hydroxylation is 1. The Morgan fingerprint density at radius 3 is 2.48 bits per heavy atom. The molecular weight excluding hydrogens is 424 g/mol. The molecule has 3 rings (SSSR count). The normalized spacial score (nSPS) is 15.5. The Morgan fingerprint density at radius 2 is 1.82 bits per heavy atom. The molecule has 0 unspecified atom stereocenters. The van der Waals surface area contributed by atoms with Crippen LogP contribution in [0.1, 0.15) is 36.2 Å². The van der Waals surface area contributed by atoms with E-state index in [0.29, 0.717) is 17.9 Å². The zero-order valence-corrected chi connectivity index (χ0v) is 19.0. The molecule has 2 aromatic rings. The van der Waals surface area contributed by atoms with Gasteiger partial charge in [-0.2, -0.15) is 0 Å². The van der Waals surface area contributed by atoms with Gasteiger partial charge in [0.05, 0.1) is 18.1 Å². The highest BCUT2D eigenvalue weighted by atomic mass is 16.5. The van der Waals surface area contributed by atoms with E-state index < -0.39 is 30.4 Å². The molecule has 1 aliphatic heterocycles. The summed E-state index contributed by atoms with van der Waals surface area (Å²) in [6.45, 7) is 5.91. The van der Waals surface area contributed by atoms with Crippen molar-refractivity contribution in [3.05, 3.63) is 59.7 Å². The van der Waals surface area contributed by atoms with Crippen LogP contribution in [0.15, 0.2) is 48.5 Å². The third-order valence-electron chi connectivity index (χ3n) is 5.07. The zero-order valence-electron chi connectivity index (χ0n) is 19.0. The summed E-state index contributed by atoms with van der Waals surface area (Å²) in [5.41, 5.74) is 2.59. The third kappa shape index (κ3) is 6.65. The molecule has 0 spiro atoms. The lowest BCUT2D eigenvalue weighted by Gasteiger charge is -2.17. The maximum absolute atomic E-state index is 12.4. The molecule has 8 heteroatoms. The van der Waals surface area contributed by atoms with Gasteiger partial charge in [-0.05, 0) is 54.8 Å². The molecule has 174 valence electrons. The molecular formula is C25H28N2O6. The number of esters is 2. The van der Waals surface area contributed by atoms with Crippen molar-refractivity contribution in [3.63, 3.8) is 0 Å². The van der Waals surface area contributed by atoms with Crippen LogP contribution < -0.4 is 10.2 Å². The zero-order chi connectivity index (χ0) is 24.0. The average Bonchev–Trinajstić information content (AvgIpc) is 3.18.